The van der Waals surface area contributed by atoms with E-state index in [1.54, 1.807) is 6.20 Å². The maximum absolute atomic E-state index is 10.2. The summed E-state index contributed by atoms with van der Waals surface area (Å²) in [5.41, 5.74) is 3.86. The second-order valence-corrected chi connectivity index (χ2v) is 4.57. The van der Waals surface area contributed by atoms with E-state index in [4.69, 9.17) is 0 Å². The van der Waals surface area contributed by atoms with Crippen molar-refractivity contribution in [2.24, 2.45) is 0 Å². The Morgan fingerprint density at radius 3 is 2.78 bits per heavy atom. The number of aliphatic hydroxyl groups is 1. The molecular formula is C14H19N3O. The number of nitrogens with zero attached hydrogens (tertiary/aromatic N) is 3. The molecule has 0 aliphatic heterocycles. The predicted octanol–water partition coefficient (Wildman–Crippen LogP) is 2.19. The van der Waals surface area contributed by atoms with Crippen LogP contribution in [-0.2, 0) is 13.0 Å². The van der Waals surface area contributed by atoms with Crippen LogP contribution in [0.15, 0.2) is 24.4 Å². The second kappa shape index (κ2) is 5.31. The molecule has 1 unspecified atom stereocenters. The number of aryl methyl sites for hydroxylation is 3. The average molecular weight is 245 g/mol. The van der Waals surface area contributed by atoms with E-state index in [0.29, 0.717) is 6.42 Å². The molecule has 0 amide bonds. The molecule has 2 rings (SSSR count). The van der Waals surface area contributed by atoms with Gasteiger partial charge in [0, 0.05) is 24.9 Å². The Balaban J connectivity index is 2.18. The Morgan fingerprint density at radius 2 is 2.11 bits per heavy atom. The van der Waals surface area contributed by atoms with Crippen molar-refractivity contribution < 1.29 is 5.11 Å². The molecule has 4 nitrogen and oxygen atoms in total. The molecular weight excluding hydrogens is 226 g/mol. The highest BCUT2D eigenvalue weighted by atomic mass is 16.3. The van der Waals surface area contributed by atoms with Crippen LogP contribution in [0.3, 0.4) is 0 Å². The first kappa shape index (κ1) is 12.8. The van der Waals surface area contributed by atoms with E-state index < -0.39 is 6.10 Å². The van der Waals surface area contributed by atoms with Crippen LogP contribution in [0.25, 0.3) is 0 Å². The van der Waals surface area contributed by atoms with E-state index in [2.05, 4.69) is 10.1 Å². The summed E-state index contributed by atoms with van der Waals surface area (Å²) < 4.78 is 1.92. The molecule has 2 heterocycles. The zero-order valence-corrected chi connectivity index (χ0v) is 11.1. The van der Waals surface area contributed by atoms with Crippen molar-refractivity contribution in [3.05, 3.63) is 47.0 Å². The third-order valence-corrected chi connectivity index (χ3v) is 2.97. The van der Waals surface area contributed by atoms with Gasteiger partial charge in [0.05, 0.1) is 11.4 Å². The van der Waals surface area contributed by atoms with Gasteiger partial charge in [0.25, 0.3) is 0 Å². The Hall–Kier alpha value is -1.68. The van der Waals surface area contributed by atoms with Gasteiger partial charge in [0.1, 0.15) is 6.10 Å². The van der Waals surface area contributed by atoms with Crippen molar-refractivity contribution in [2.75, 3.05) is 0 Å². The molecule has 1 N–H and O–H groups in total. The summed E-state index contributed by atoms with van der Waals surface area (Å²) in [4.78, 5) is 4.22. The Morgan fingerprint density at radius 1 is 1.33 bits per heavy atom. The van der Waals surface area contributed by atoms with Crippen LogP contribution in [-0.4, -0.2) is 19.9 Å². The minimum Gasteiger partial charge on any atom is -0.386 e. The van der Waals surface area contributed by atoms with Crippen LogP contribution in [0.1, 0.15) is 35.7 Å². The SMILES string of the molecule is CCn1nc(C)cc1CC(O)c1cc(C)ccn1. The molecule has 2 aromatic rings. The lowest BCUT2D eigenvalue weighted by Crippen LogP contribution is -2.09. The fourth-order valence-electron chi connectivity index (χ4n) is 2.08. The molecule has 1 atom stereocenters. The van der Waals surface area contributed by atoms with Crippen LogP contribution < -0.4 is 0 Å². The topological polar surface area (TPSA) is 50.9 Å². The summed E-state index contributed by atoms with van der Waals surface area (Å²) in [6.45, 7) is 6.83. The maximum Gasteiger partial charge on any atom is 0.101 e. The summed E-state index contributed by atoms with van der Waals surface area (Å²) in [5.74, 6) is 0. The van der Waals surface area contributed by atoms with Crippen molar-refractivity contribution in [3.8, 4) is 0 Å². The monoisotopic (exact) mass is 245 g/mol. The lowest BCUT2D eigenvalue weighted by molar-refractivity contribution is 0.170. The van der Waals surface area contributed by atoms with E-state index in [-0.39, 0.29) is 0 Å². The highest BCUT2D eigenvalue weighted by Crippen LogP contribution is 2.17. The lowest BCUT2D eigenvalue weighted by Gasteiger charge is -2.11. The summed E-state index contributed by atoms with van der Waals surface area (Å²) >= 11 is 0. The molecule has 0 aliphatic carbocycles. The molecule has 4 heteroatoms. The highest BCUT2D eigenvalue weighted by Gasteiger charge is 2.13. The number of hydrogen-bond donors (Lipinski definition) is 1. The van der Waals surface area contributed by atoms with Crippen LogP contribution in [0.2, 0.25) is 0 Å². The predicted molar refractivity (Wildman–Crippen MR) is 70.3 cm³/mol. The number of rotatable bonds is 4. The van der Waals surface area contributed by atoms with Gasteiger partial charge in [0.15, 0.2) is 0 Å². The first-order valence-corrected chi connectivity index (χ1v) is 6.24. The Kier molecular flexibility index (Phi) is 3.77. The first-order chi connectivity index (χ1) is 8.60. The third kappa shape index (κ3) is 2.76. The number of aliphatic hydroxyl groups excluding tert-OH is 1. The van der Waals surface area contributed by atoms with E-state index >= 15 is 0 Å². The van der Waals surface area contributed by atoms with Crippen LogP contribution in [0, 0.1) is 13.8 Å². The van der Waals surface area contributed by atoms with Crippen LogP contribution >= 0.6 is 0 Å². The maximum atomic E-state index is 10.2. The molecule has 18 heavy (non-hydrogen) atoms. The number of pyridine rings is 1. The normalized spacial score (nSPS) is 12.7. The smallest absolute Gasteiger partial charge is 0.101 e. The standard InChI is InChI=1S/C14H19N3O/c1-4-17-12(8-11(3)16-17)9-14(18)13-7-10(2)5-6-15-13/h5-8,14,18H,4,9H2,1-3H3. The quantitative estimate of drug-likeness (QED) is 0.898. The molecule has 96 valence electrons. The van der Waals surface area contributed by atoms with E-state index in [1.165, 1.54) is 0 Å². The molecule has 0 aliphatic rings. The van der Waals surface area contributed by atoms with Crippen molar-refractivity contribution in [1.82, 2.24) is 14.8 Å². The number of aromatic nitrogens is 3. The van der Waals surface area contributed by atoms with Gasteiger partial charge in [-0.05, 0) is 44.5 Å². The summed E-state index contributed by atoms with van der Waals surface area (Å²) in [6.07, 6.45) is 1.70. The van der Waals surface area contributed by atoms with Crippen molar-refractivity contribution in [3.63, 3.8) is 0 Å². The van der Waals surface area contributed by atoms with E-state index in [0.717, 1.165) is 29.2 Å². The summed E-state index contributed by atoms with van der Waals surface area (Å²) in [6, 6.07) is 5.86. The van der Waals surface area contributed by atoms with Crippen molar-refractivity contribution in [2.45, 2.75) is 39.8 Å². The fraction of sp³-hybridized carbons (Fsp3) is 0.429. The van der Waals surface area contributed by atoms with Crippen molar-refractivity contribution in [1.29, 1.82) is 0 Å². The average Bonchev–Trinajstić information content (AvgIpc) is 2.69. The van der Waals surface area contributed by atoms with Crippen LogP contribution in [0.5, 0.6) is 0 Å². The minimum absolute atomic E-state index is 0.547. The van der Waals surface area contributed by atoms with Gasteiger partial charge >= 0.3 is 0 Å². The zero-order valence-electron chi connectivity index (χ0n) is 11.1. The largest absolute Gasteiger partial charge is 0.386 e. The molecule has 0 aromatic carbocycles. The summed E-state index contributed by atoms with van der Waals surface area (Å²) in [7, 11) is 0. The lowest BCUT2D eigenvalue weighted by atomic mass is 10.1. The number of hydrogen-bond acceptors (Lipinski definition) is 3. The molecule has 2 aromatic heterocycles. The molecule has 0 bridgehead atoms. The van der Waals surface area contributed by atoms with Gasteiger partial charge in [-0.25, -0.2) is 0 Å². The molecule has 0 spiro atoms. The van der Waals surface area contributed by atoms with Gasteiger partial charge in [-0.3, -0.25) is 9.67 Å². The molecule has 0 saturated carbocycles. The van der Waals surface area contributed by atoms with E-state index in [1.807, 2.05) is 43.7 Å². The van der Waals surface area contributed by atoms with E-state index in [9.17, 15) is 5.11 Å². The fourth-order valence-corrected chi connectivity index (χ4v) is 2.08. The highest BCUT2D eigenvalue weighted by molar-refractivity contribution is 5.18. The Bertz CT molecular complexity index is 534. The first-order valence-electron chi connectivity index (χ1n) is 6.24. The second-order valence-electron chi connectivity index (χ2n) is 4.57. The van der Waals surface area contributed by atoms with Gasteiger partial charge in [-0.2, -0.15) is 5.10 Å². The molecule has 0 fully saturated rings. The van der Waals surface area contributed by atoms with Gasteiger partial charge < -0.3 is 5.11 Å². The van der Waals surface area contributed by atoms with Crippen LogP contribution in [0.4, 0.5) is 0 Å². The van der Waals surface area contributed by atoms with Gasteiger partial charge in [0.2, 0.25) is 0 Å². The third-order valence-electron chi connectivity index (χ3n) is 2.97. The summed E-state index contributed by atoms with van der Waals surface area (Å²) in [5, 5.41) is 14.6. The zero-order chi connectivity index (χ0) is 13.1. The van der Waals surface area contributed by atoms with Gasteiger partial charge in [-0.15, -0.1) is 0 Å². The molecule has 0 radical (unpaired) electrons. The molecule has 0 saturated heterocycles. The van der Waals surface area contributed by atoms with Crippen molar-refractivity contribution >= 4 is 0 Å². The van der Waals surface area contributed by atoms with Gasteiger partial charge in [-0.1, -0.05) is 0 Å². The minimum atomic E-state index is -0.578. The Labute approximate surface area is 107 Å².